The Hall–Kier alpha value is -0.420. The third-order valence-corrected chi connectivity index (χ3v) is 5.70. The second kappa shape index (κ2) is 5.52. The maximum atomic E-state index is 10.7. The van der Waals surface area contributed by atoms with Crippen LogP contribution < -0.4 is 0 Å². The molecule has 106 valence electrons. The van der Waals surface area contributed by atoms with Crippen LogP contribution in [0.25, 0.3) is 0 Å². The molecule has 0 amide bonds. The van der Waals surface area contributed by atoms with Crippen molar-refractivity contribution in [2.24, 2.45) is 24.8 Å². The molecule has 4 unspecified atom stereocenters. The predicted octanol–water partition coefficient (Wildman–Crippen LogP) is 3.22. The lowest BCUT2D eigenvalue weighted by Crippen LogP contribution is -2.31. The van der Waals surface area contributed by atoms with Crippen LogP contribution in [0.5, 0.6) is 0 Å². The zero-order valence-electron chi connectivity index (χ0n) is 11.4. The van der Waals surface area contributed by atoms with E-state index in [9.17, 15) is 5.11 Å². The lowest BCUT2D eigenvalue weighted by atomic mass is 9.66. The molecule has 0 aliphatic heterocycles. The Balaban J connectivity index is 1.72. The number of nitrogens with zero attached hydrogens (tertiary/aromatic N) is 3. The molecule has 2 fully saturated rings. The Labute approximate surface area is 122 Å². The largest absolute Gasteiger partial charge is 0.386 e. The highest BCUT2D eigenvalue weighted by Crippen LogP contribution is 2.46. The summed E-state index contributed by atoms with van der Waals surface area (Å²) in [4.78, 5) is 0. The van der Waals surface area contributed by atoms with E-state index in [1.807, 2.05) is 7.05 Å². The number of aliphatic hydroxyl groups excluding tert-OH is 1. The molecule has 2 aliphatic rings. The molecular weight excluding hydrogens is 306 g/mol. The maximum absolute atomic E-state index is 10.7. The lowest BCUT2D eigenvalue weighted by Gasteiger charge is -2.40. The fourth-order valence-electron chi connectivity index (χ4n) is 4.07. The Bertz CT molecular complexity index is 428. The number of hydrogen-bond acceptors (Lipinski definition) is 3. The van der Waals surface area contributed by atoms with E-state index in [4.69, 9.17) is 0 Å². The van der Waals surface area contributed by atoms with Crippen molar-refractivity contribution >= 4 is 15.9 Å². The van der Waals surface area contributed by atoms with Crippen molar-refractivity contribution in [3.63, 3.8) is 0 Å². The molecule has 1 heterocycles. The predicted molar refractivity (Wildman–Crippen MR) is 76.5 cm³/mol. The number of rotatable bonds is 2. The average molecular weight is 328 g/mol. The zero-order valence-corrected chi connectivity index (χ0v) is 13.0. The van der Waals surface area contributed by atoms with Gasteiger partial charge < -0.3 is 5.11 Å². The van der Waals surface area contributed by atoms with Gasteiger partial charge in [0.05, 0.1) is 0 Å². The van der Waals surface area contributed by atoms with Gasteiger partial charge in [0.1, 0.15) is 11.8 Å². The van der Waals surface area contributed by atoms with E-state index in [-0.39, 0.29) is 0 Å². The number of aryl methyl sites for hydroxylation is 1. The molecule has 0 bridgehead atoms. The Morgan fingerprint density at radius 2 is 1.95 bits per heavy atom. The van der Waals surface area contributed by atoms with E-state index in [1.54, 1.807) is 4.68 Å². The first-order valence-electron chi connectivity index (χ1n) is 7.40. The number of fused-ring (bicyclic) bond motifs is 1. The molecule has 1 N–H and O–H groups in total. The fourth-order valence-corrected chi connectivity index (χ4v) is 4.63. The average Bonchev–Trinajstić information content (AvgIpc) is 2.77. The van der Waals surface area contributed by atoms with Gasteiger partial charge >= 0.3 is 0 Å². The molecule has 4 atom stereocenters. The van der Waals surface area contributed by atoms with Gasteiger partial charge in [0, 0.05) is 7.05 Å². The van der Waals surface area contributed by atoms with Gasteiger partial charge in [-0.05, 0) is 52.9 Å². The molecule has 0 radical (unpaired) electrons. The van der Waals surface area contributed by atoms with Crippen LogP contribution in [0.2, 0.25) is 0 Å². The van der Waals surface area contributed by atoms with Gasteiger partial charge in [-0.15, -0.1) is 5.10 Å². The van der Waals surface area contributed by atoms with Crippen molar-refractivity contribution in [3.05, 3.63) is 10.3 Å². The summed E-state index contributed by atoms with van der Waals surface area (Å²) in [6.45, 7) is 0. The Morgan fingerprint density at radius 1 is 1.21 bits per heavy atom. The number of hydrogen-bond donors (Lipinski definition) is 1. The van der Waals surface area contributed by atoms with Crippen LogP contribution in [-0.4, -0.2) is 20.1 Å². The Morgan fingerprint density at radius 3 is 2.63 bits per heavy atom. The van der Waals surface area contributed by atoms with Crippen LogP contribution in [0, 0.1) is 17.8 Å². The molecule has 0 saturated heterocycles. The van der Waals surface area contributed by atoms with Crippen molar-refractivity contribution in [3.8, 4) is 0 Å². The van der Waals surface area contributed by atoms with E-state index in [2.05, 4.69) is 26.2 Å². The second-order valence-electron chi connectivity index (χ2n) is 6.21. The van der Waals surface area contributed by atoms with Crippen LogP contribution in [0.15, 0.2) is 4.60 Å². The number of halogens is 1. The van der Waals surface area contributed by atoms with Crippen molar-refractivity contribution in [1.29, 1.82) is 0 Å². The van der Waals surface area contributed by atoms with Crippen molar-refractivity contribution in [2.75, 3.05) is 0 Å². The van der Waals surface area contributed by atoms with Crippen LogP contribution >= 0.6 is 15.9 Å². The van der Waals surface area contributed by atoms with Gasteiger partial charge in [-0.3, -0.25) is 0 Å². The van der Waals surface area contributed by atoms with Crippen molar-refractivity contribution < 1.29 is 5.11 Å². The molecule has 2 aliphatic carbocycles. The standard InChI is InChI=1S/C14H22BrN3O/c1-18-12(14(15)16-17-18)13(19)11-7-6-9-4-2-3-5-10(9)8-11/h9-11,13,19H,2-8H2,1H3. The van der Waals surface area contributed by atoms with Crippen LogP contribution in [0.1, 0.15) is 56.7 Å². The van der Waals surface area contributed by atoms with Crippen LogP contribution in [0.3, 0.4) is 0 Å². The summed E-state index contributed by atoms with van der Waals surface area (Å²) in [5, 5.41) is 18.6. The molecule has 3 rings (SSSR count). The summed E-state index contributed by atoms with van der Waals surface area (Å²) >= 11 is 3.40. The van der Waals surface area contributed by atoms with Crippen LogP contribution in [0.4, 0.5) is 0 Å². The normalized spacial score (nSPS) is 32.9. The SMILES string of the molecule is Cn1nnc(Br)c1C(O)C1CCC2CCCCC2C1. The van der Waals surface area contributed by atoms with Crippen molar-refractivity contribution in [1.82, 2.24) is 15.0 Å². The number of aliphatic hydroxyl groups is 1. The van der Waals surface area contributed by atoms with Gasteiger partial charge in [-0.2, -0.15) is 0 Å². The summed E-state index contributed by atoms with van der Waals surface area (Å²) < 4.78 is 2.38. The van der Waals surface area contributed by atoms with E-state index < -0.39 is 6.10 Å². The summed E-state index contributed by atoms with van der Waals surface area (Å²) in [7, 11) is 1.85. The van der Waals surface area contributed by atoms with E-state index in [1.165, 1.54) is 38.5 Å². The van der Waals surface area contributed by atoms with E-state index in [0.717, 1.165) is 24.0 Å². The first-order chi connectivity index (χ1) is 9.16. The minimum absolute atomic E-state index is 0.368. The topological polar surface area (TPSA) is 50.9 Å². The first-order valence-corrected chi connectivity index (χ1v) is 8.19. The smallest absolute Gasteiger partial charge is 0.154 e. The highest BCUT2D eigenvalue weighted by Gasteiger charge is 2.36. The molecule has 1 aromatic rings. The maximum Gasteiger partial charge on any atom is 0.154 e. The Kier molecular flexibility index (Phi) is 3.94. The van der Waals surface area contributed by atoms with Gasteiger partial charge in [0.2, 0.25) is 0 Å². The second-order valence-corrected chi connectivity index (χ2v) is 6.96. The summed E-state index contributed by atoms with van der Waals surface area (Å²) in [6.07, 6.45) is 8.71. The third-order valence-electron chi connectivity index (χ3n) is 5.13. The molecule has 0 aromatic carbocycles. The molecule has 4 nitrogen and oxygen atoms in total. The molecule has 5 heteroatoms. The highest BCUT2D eigenvalue weighted by molar-refractivity contribution is 9.10. The molecule has 1 aromatic heterocycles. The van der Waals surface area contributed by atoms with Gasteiger partial charge in [0.15, 0.2) is 4.60 Å². The van der Waals surface area contributed by atoms with Crippen molar-refractivity contribution in [2.45, 2.75) is 51.0 Å². The monoisotopic (exact) mass is 327 g/mol. The van der Waals surface area contributed by atoms with Gasteiger partial charge in [-0.1, -0.05) is 30.9 Å². The molecule has 19 heavy (non-hydrogen) atoms. The van der Waals surface area contributed by atoms with E-state index >= 15 is 0 Å². The zero-order chi connectivity index (χ0) is 13.4. The molecule has 2 saturated carbocycles. The quantitative estimate of drug-likeness (QED) is 0.907. The third kappa shape index (κ3) is 2.59. The highest BCUT2D eigenvalue weighted by atomic mass is 79.9. The molecular formula is C14H22BrN3O. The van der Waals surface area contributed by atoms with Gasteiger partial charge in [0.25, 0.3) is 0 Å². The van der Waals surface area contributed by atoms with E-state index in [0.29, 0.717) is 10.5 Å². The first kappa shape index (κ1) is 13.6. The molecule has 0 spiro atoms. The lowest BCUT2D eigenvalue weighted by molar-refractivity contribution is 0.0301. The fraction of sp³-hybridized carbons (Fsp3) is 0.857. The summed E-state index contributed by atoms with van der Waals surface area (Å²) in [5.74, 6) is 2.13. The summed E-state index contributed by atoms with van der Waals surface area (Å²) in [6, 6.07) is 0. The van der Waals surface area contributed by atoms with Gasteiger partial charge in [-0.25, -0.2) is 4.68 Å². The minimum atomic E-state index is -0.433. The number of aromatic nitrogens is 3. The minimum Gasteiger partial charge on any atom is -0.386 e. The van der Waals surface area contributed by atoms with Crippen LogP contribution in [-0.2, 0) is 7.05 Å². The summed E-state index contributed by atoms with van der Waals surface area (Å²) in [5.41, 5.74) is 0.833.